The van der Waals surface area contributed by atoms with Crippen molar-refractivity contribution in [3.63, 3.8) is 0 Å². The Balaban J connectivity index is 1.83. The number of nitrogens with two attached hydrogens (primary N) is 1. The molecule has 0 spiro atoms. The number of nitrogens with zero attached hydrogens (tertiary/aromatic N) is 1. The number of phenolic OH excluding ortho intramolecular Hbond substituents is 1. The number of aliphatic hydroxyl groups is 3. The number of carbonyl (C=O) groups is 2. The van der Waals surface area contributed by atoms with Gasteiger partial charge in [0.15, 0.2) is 6.10 Å². The number of hydrogen-bond acceptors (Lipinski definition) is 12. The lowest BCUT2D eigenvalue weighted by molar-refractivity contribution is -0.212. The van der Waals surface area contributed by atoms with E-state index in [2.05, 4.69) is 5.32 Å². The Kier molecular flexibility index (Phi) is 10.4. The topological polar surface area (TPSA) is 184 Å². The zero-order valence-electron chi connectivity index (χ0n) is 21.1. The molecule has 1 amide bonds. The van der Waals surface area contributed by atoms with Crippen molar-refractivity contribution in [3.05, 3.63) is 23.8 Å². The number of carbonyl (C=O) groups excluding carboxylic acids is 2. The molecule has 7 N–H and O–H groups in total. The van der Waals surface area contributed by atoms with Crippen molar-refractivity contribution in [2.45, 2.75) is 67.8 Å². The number of rotatable bonds is 10. The third-order valence-corrected chi connectivity index (χ3v) is 7.93. The molecule has 1 aromatic carbocycles. The molecule has 2 fully saturated rings. The van der Waals surface area contributed by atoms with Crippen molar-refractivity contribution in [3.8, 4) is 5.75 Å². The number of likely N-dealkylation sites (tertiary alicyclic amines) is 1. The second-order valence-electron chi connectivity index (χ2n) is 9.31. The molecular formula is C24H37N3O9S. The van der Waals surface area contributed by atoms with Gasteiger partial charge in [0.1, 0.15) is 35.1 Å². The number of thioether (sulfide) groups is 1. The van der Waals surface area contributed by atoms with Gasteiger partial charge in [0, 0.05) is 24.6 Å². The van der Waals surface area contributed by atoms with Crippen LogP contribution in [0.25, 0.3) is 0 Å². The van der Waals surface area contributed by atoms with Gasteiger partial charge in [0.05, 0.1) is 24.8 Å². The summed E-state index contributed by atoms with van der Waals surface area (Å²) in [7, 11) is 3.32. The van der Waals surface area contributed by atoms with Crippen molar-refractivity contribution in [1.82, 2.24) is 10.2 Å². The summed E-state index contributed by atoms with van der Waals surface area (Å²) in [6, 6.07) is 2.70. The average molecular weight is 544 g/mol. The number of phenols is 1. The lowest BCUT2D eigenvalue weighted by Crippen LogP contribution is -2.66. The van der Waals surface area contributed by atoms with E-state index in [1.54, 1.807) is 6.92 Å². The predicted molar refractivity (Wildman–Crippen MR) is 136 cm³/mol. The number of anilines is 1. The minimum Gasteiger partial charge on any atom is -0.507 e. The van der Waals surface area contributed by atoms with Crippen LogP contribution in [0.1, 0.15) is 30.1 Å². The molecule has 0 bridgehead atoms. The van der Waals surface area contributed by atoms with Crippen LogP contribution in [0.15, 0.2) is 18.2 Å². The summed E-state index contributed by atoms with van der Waals surface area (Å²) in [4.78, 5) is 27.8. The molecular weight excluding hydrogens is 506 g/mol. The molecule has 208 valence electrons. The van der Waals surface area contributed by atoms with E-state index in [1.807, 2.05) is 11.9 Å². The van der Waals surface area contributed by atoms with E-state index in [0.717, 1.165) is 24.7 Å². The zero-order valence-corrected chi connectivity index (χ0v) is 22.0. The lowest BCUT2D eigenvalue weighted by Gasteiger charge is -2.45. The largest absolute Gasteiger partial charge is 0.507 e. The Hall–Kier alpha value is -2.13. The number of esters is 1. The van der Waals surface area contributed by atoms with Crippen LogP contribution < -0.4 is 11.1 Å². The van der Waals surface area contributed by atoms with Crippen LogP contribution in [0.5, 0.6) is 5.75 Å². The van der Waals surface area contributed by atoms with Gasteiger partial charge in [0.25, 0.3) is 0 Å². The summed E-state index contributed by atoms with van der Waals surface area (Å²) in [5.41, 5.74) is 4.68. The Morgan fingerprint density at radius 2 is 2.05 bits per heavy atom. The minimum atomic E-state index is -1.60. The molecule has 0 aliphatic carbocycles. The molecule has 2 saturated heterocycles. The van der Waals surface area contributed by atoms with Crippen LogP contribution in [0.2, 0.25) is 0 Å². The molecule has 8 unspecified atom stereocenters. The van der Waals surface area contributed by atoms with Crippen molar-refractivity contribution >= 4 is 29.3 Å². The van der Waals surface area contributed by atoms with E-state index in [4.69, 9.17) is 19.9 Å². The number of nitrogen functional groups attached to an aromatic ring is 1. The van der Waals surface area contributed by atoms with E-state index >= 15 is 0 Å². The highest BCUT2D eigenvalue weighted by molar-refractivity contribution is 7.99. The van der Waals surface area contributed by atoms with E-state index in [1.165, 1.54) is 25.3 Å². The quantitative estimate of drug-likeness (QED) is 0.161. The summed E-state index contributed by atoms with van der Waals surface area (Å²) < 4.78 is 17.1. The van der Waals surface area contributed by atoms with Crippen molar-refractivity contribution in [2.24, 2.45) is 0 Å². The van der Waals surface area contributed by atoms with Gasteiger partial charge in [-0.05, 0) is 45.5 Å². The molecule has 8 atom stereocenters. The molecule has 0 aromatic heterocycles. The van der Waals surface area contributed by atoms with Gasteiger partial charge in [-0.25, -0.2) is 4.79 Å². The lowest BCUT2D eigenvalue weighted by atomic mass is 9.91. The molecule has 2 aliphatic rings. The first kappa shape index (κ1) is 29.4. The standard InChI is InChI=1S/C24H37N3O9S/c1-12(34-3)17(26-22(32)15-5-4-8-27(15)2)20-18(30)19(31)21(24(36-20)37-10-9-28)35-23(33)14-7-6-13(25)11-16(14)29/h6-7,11-12,15,17-21,24,28-31H,4-5,8-10,25H2,1-3H3,(H,26,32). The first-order valence-corrected chi connectivity index (χ1v) is 13.2. The SMILES string of the molecule is COC(C)C(NC(=O)C1CCCN1C)C1OC(SCCO)C(OC(=O)c2ccc(N)cc2O)C(O)C1O. The van der Waals surface area contributed by atoms with Gasteiger partial charge in [-0.15, -0.1) is 11.8 Å². The van der Waals surface area contributed by atoms with E-state index < -0.39 is 53.7 Å². The molecule has 1 aromatic rings. The molecule has 0 saturated carbocycles. The predicted octanol–water partition coefficient (Wildman–Crippen LogP) is -0.714. The fraction of sp³-hybridized carbons (Fsp3) is 0.667. The van der Waals surface area contributed by atoms with E-state index in [0.29, 0.717) is 6.42 Å². The second-order valence-corrected chi connectivity index (χ2v) is 10.5. The number of benzene rings is 1. The van der Waals surface area contributed by atoms with Crippen LogP contribution >= 0.6 is 11.8 Å². The summed E-state index contributed by atoms with van der Waals surface area (Å²) in [6.07, 6.45) is -4.65. The molecule has 13 heteroatoms. The summed E-state index contributed by atoms with van der Waals surface area (Å²) in [5, 5.41) is 44.5. The van der Waals surface area contributed by atoms with E-state index in [9.17, 15) is 30.0 Å². The smallest absolute Gasteiger partial charge is 0.342 e. The fourth-order valence-electron chi connectivity index (χ4n) is 4.61. The second kappa shape index (κ2) is 13.1. The highest BCUT2D eigenvalue weighted by atomic mass is 32.2. The Labute approximate surface area is 220 Å². The van der Waals surface area contributed by atoms with Crippen molar-refractivity contribution in [1.29, 1.82) is 0 Å². The summed E-state index contributed by atoms with van der Waals surface area (Å²) in [5.74, 6) is -1.41. The normalized spacial score (nSPS) is 30.0. The maximum atomic E-state index is 13.0. The van der Waals surface area contributed by atoms with Crippen LogP contribution in [0.3, 0.4) is 0 Å². The molecule has 3 rings (SSSR count). The number of aromatic hydroxyl groups is 1. The molecule has 37 heavy (non-hydrogen) atoms. The maximum Gasteiger partial charge on any atom is 0.342 e. The van der Waals surface area contributed by atoms with Crippen LogP contribution in [0.4, 0.5) is 5.69 Å². The van der Waals surface area contributed by atoms with Gasteiger partial charge in [-0.3, -0.25) is 9.69 Å². The van der Waals surface area contributed by atoms with Crippen LogP contribution in [-0.4, -0.2) is 118 Å². The number of aliphatic hydroxyl groups excluding tert-OH is 3. The minimum absolute atomic E-state index is 0.178. The van der Waals surface area contributed by atoms with Crippen LogP contribution in [-0.2, 0) is 19.0 Å². The molecule has 2 aliphatic heterocycles. The Bertz CT molecular complexity index is 939. The monoisotopic (exact) mass is 543 g/mol. The highest BCUT2D eigenvalue weighted by Crippen LogP contribution is 2.34. The van der Waals surface area contributed by atoms with Crippen molar-refractivity contribution < 1.29 is 44.2 Å². The average Bonchev–Trinajstić information content (AvgIpc) is 3.30. The van der Waals surface area contributed by atoms with Crippen LogP contribution in [0, 0.1) is 0 Å². The number of nitrogens with one attached hydrogen (secondary N) is 1. The number of amides is 1. The van der Waals surface area contributed by atoms with Crippen molar-refractivity contribution in [2.75, 3.05) is 38.8 Å². The number of hydrogen-bond donors (Lipinski definition) is 6. The zero-order chi connectivity index (χ0) is 27.3. The van der Waals surface area contributed by atoms with E-state index in [-0.39, 0.29) is 35.6 Å². The number of methoxy groups -OCH3 is 1. The first-order valence-electron chi connectivity index (χ1n) is 12.2. The Morgan fingerprint density at radius 3 is 2.65 bits per heavy atom. The first-order chi connectivity index (χ1) is 17.6. The van der Waals surface area contributed by atoms with Gasteiger partial charge >= 0.3 is 5.97 Å². The van der Waals surface area contributed by atoms with Gasteiger partial charge in [-0.1, -0.05) is 0 Å². The number of ether oxygens (including phenoxy) is 3. The maximum absolute atomic E-state index is 13.0. The van der Waals surface area contributed by atoms with Gasteiger partial charge in [0.2, 0.25) is 5.91 Å². The van der Waals surface area contributed by atoms with Gasteiger partial charge in [-0.2, -0.15) is 0 Å². The third-order valence-electron chi connectivity index (χ3n) is 6.80. The summed E-state index contributed by atoms with van der Waals surface area (Å²) in [6.45, 7) is 2.29. The Morgan fingerprint density at radius 1 is 1.32 bits per heavy atom. The van der Waals surface area contributed by atoms with Gasteiger partial charge < -0.3 is 45.7 Å². The molecule has 0 radical (unpaired) electrons. The highest BCUT2D eigenvalue weighted by Gasteiger charge is 2.51. The number of likely N-dealkylation sites (N-methyl/N-ethyl adjacent to an activating group) is 1. The molecule has 12 nitrogen and oxygen atoms in total. The third kappa shape index (κ3) is 6.85. The summed E-state index contributed by atoms with van der Waals surface area (Å²) >= 11 is 1.08. The fourth-order valence-corrected chi connectivity index (χ4v) is 5.56. The molecule has 2 heterocycles.